The van der Waals surface area contributed by atoms with Crippen molar-refractivity contribution in [3.8, 4) is 0 Å². The summed E-state index contributed by atoms with van der Waals surface area (Å²) < 4.78 is 5.90. The average molecular weight is 256 g/mol. The molecule has 0 aromatic carbocycles. The van der Waals surface area contributed by atoms with Crippen LogP contribution in [0.15, 0.2) is 0 Å². The van der Waals surface area contributed by atoms with Gasteiger partial charge in [-0.15, -0.1) is 0 Å². The van der Waals surface area contributed by atoms with Gasteiger partial charge in [0.2, 0.25) is 0 Å². The summed E-state index contributed by atoms with van der Waals surface area (Å²) in [6.45, 7) is 10.3. The molecule has 2 aliphatic rings. The highest BCUT2D eigenvalue weighted by atomic mass is 16.5. The summed E-state index contributed by atoms with van der Waals surface area (Å²) in [4.78, 5) is 0. The minimum atomic E-state index is 0.187. The van der Waals surface area contributed by atoms with Crippen molar-refractivity contribution in [3.63, 3.8) is 0 Å². The Morgan fingerprint density at radius 2 is 1.94 bits per heavy atom. The predicted molar refractivity (Wildman–Crippen MR) is 73.0 cm³/mol. The highest BCUT2D eigenvalue weighted by molar-refractivity contribution is 4.75. The van der Waals surface area contributed by atoms with Gasteiger partial charge in [-0.3, -0.25) is 0 Å². The van der Waals surface area contributed by atoms with Crippen LogP contribution in [0.4, 0.5) is 0 Å². The van der Waals surface area contributed by atoms with Crippen molar-refractivity contribution in [2.75, 3.05) is 39.3 Å². The van der Waals surface area contributed by atoms with E-state index in [2.05, 4.69) is 34.5 Å². The molecule has 0 aliphatic carbocycles. The number of morpholine rings is 1. The summed E-state index contributed by atoms with van der Waals surface area (Å²) >= 11 is 0. The Morgan fingerprint density at radius 1 is 1.11 bits per heavy atom. The molecule has 2 rings (SSSR count). The highest BCUT2D eigenvalue weighted by Crippen LogP contribution is 2.16. The zero-order valence-corrected chi connectivity index (χ0v) is 11.8. The van der Waals surface area contributed by atoms with Crippen molar-refractivity contribution in [1.82, 2.24) is 20.7 Å². The minimum absolute atomic E-state index is 0.187. The van der Waals surface area contributed by atoms with Crippen LogP contribution in [0, 0.1) is 0 Å². The van der Waals surface area contributed by atoms with E-state index in [0.29, 0.717) is 6.17 Å². The predicted octanol–water partition coefficient (Wildman–Crippen LogP) is 0.591. The molecule has 2 heterocycles. The van der Waals surface area contributed by atoms with Crippen LogP contribution in [-0.4, -0.2) is 61.7 Å². The van der Waals surface area contributed by atoms with Gasteiger partial charge in [-0.2, -0.15) is 0 Å². The van der Waals surface area contributed by atoms with E-state index < -0.39 is 0 Å². The number of hydrogen-bond donors (Lipinski definition) is 2. The molecule has 2 N–H and O–H groups in total. The lowest BCUT2D eigenvalue weighted by Gasteiger charge is -2.45. The van der Waals surface area contributed by atoms with Gasteiger partial charge >= 0.3 is 0 Å². The Morgan fingerprint density at radius 3 is 2.50 bits per heavy atom. The van der Waals surface area contributed by atoms with Crippen LogP contribution in [0.5, 0.6) is 0 Å². The molecule has 0 amide bonds. The second kappa shape index (κ2) is 7.40. The van der Waals surface area contributed by atoms with Gasteiger partial charge in [0, 0.05) is 26.2 Å². The van der Waals surface area contributed by atoms with Gasteiger partial charge in [0.15, 0.2) is 0 Å². The van der Waals surface area contributed by atoms with Crippen LogP contribution in [0.2, 0.25) is 0 Å². The molecular weight excluding hydrogens is 228 g/mol. The molecule has 0 radical (unpaired) electrons. The molecule has 0 aromatic rings. The van der Waals surface area contributed by atoms with Crippen molar-refractivity contribution in [1.29, 1.82) is 0 Å². The van der Waals surface area contributed by atoms with Crippen LogP contribution in [0.25, 0.3) is 0 Å². The first-order valence-electron chi connectivity index (χ1n) is 7.45. The molecule has 0 saturated carbocycles. The number of nitrogens with one attached hydrogen (secondary N) is 2. The summed E-state index contributed by atoms with van der Waals surface area (Å²) in [5.74, 6) is 0. The highest BCUT2D eigenvalue weighted by Gasteiger charge is 2.30. The van der Waals surface area contributed by atoms with Crippen molar-refractivity contribution in [3.05, 3.63) is 0 Å². The third kappa shape index (κ3) is 3.42. The number of rotatable bonds is 5. The molecule has 5 heteroatoms. The van der Waals surface area contributed by atoms with Crippen LogP contribution in [0.1, 0.15) is 33.1 Å². The summed E-state index contributed by atoms with van der Waals surface area (Å²) in [6, 6.07) is 0. The number of hydrazine groups is 1. The number of nitrogens with zero attached hydrogens (tertiary/aromatic N) is 2. The number of ether oxygens (including phenoxy) is 1. The zero-order chi connectivity index (χ0) is 12.8. The van der Waals surface area contributed by atoms with E-state index in [9.17, 15) is 0 Å². The molecule has 2 fully saturated rings. The zero-order valence-electron chi connectivity index (χ0n) is 11.8. The van der Waals surface area contributed by atoms with Gasteiger partial charge in [-0.05, 0) is 25.8 Å². The summed E-state index contributed by atoms with van der Waals surface area (Å²) in [5.41, 5.74) is 0. The van der Waals surface area contributed by atoms with Crippen LogP contribution in [0.3, 0.4) is 0 Å². The Bertz CT molecular complexity index is 203. The van der Waals surface area contributed by atoms with Crippen molar-refractivity contribution < 1.29 is 4.74 Å². The molecule has 0 bridgehead atoms. The Hall–Kier alpha value is -0.200. The van der Waals surface area contributed by atoms with E-state index in [-0.39, 0.29) is 6.23 Å². The van der Waals surface area contributed by atoms with E-state index in [4.69, 9.17) is 4.74 Å². The van der Waals surface area contributed by atoms with Crippen molar-refractivity contribution >= 4 is 0 Å². The summed E-state index contributed by atoms with van der Waals surface area (Å²) in [5, 5.41) is 11.9. The maximum Gasteiger partial charge on any atom is 0.135 e. The third-order valence-corrected chi connectivity index (χ3v) is 3.86. The number of hydrogen-bond acceptors (Lipinski definition) is 5. The maximum absolute atomic E-state index is 5.90. The third-order valence-electron chi connectivity index (χ3n) is 3.86. The van der Waals surface area contributed by atoms with Gasteiger partial charge in [0.25, 0.3) is 0 Å². The smallest absolute Gasteiger partial charge is 0.135 e. The second-order valence-corrected chi connectivity index (χ2v) is 5.01. The standard InChI is InChI=1S/C13H28N4O/c1-3-16(12-7-5-6-8-15-12)17(4-2)13-11-14-9-10-18-13/h12-15H,3-11H2,1-2H3. The van der Waals surface area contributed by atoms with Gasteiger partial charge in [0.05, 0.1) is 12.8 Å². The van der Waals surface area contributed by atoms with Crippen LogP contribution >= 0.6 is 0 Å². The quantitative estimate of drug-likeness (QED) is 0.705. The molecule has 106 valence electrons. The lowest BCUT2D eigenvalue weighted by molar-refractivity contribution is -0.191. The number of likely N-dealkylation sites (N-methyl/N-ethyl adjacent to an activating group) is 1. The fourth-order valence-electron chi connectivity index (χ4n) is 2.96. The molecule has 2 atom stereocenters. The lowest BCUT2D eigenvalue weighted by Crippen LogP contribution is -2.62. The number of piperidine rings is 1. The van der Waals surface area contributed by atoms with E-state index >= 15 is 0 Å². The van der Waals surface area contributed by atoms with Crippen LogP contribution in [-0.2, 0) is 4.74 Å². The Labute approximate surface area is 111 Å². The lowest BCUT2D eigenvalue weighted by atomic mass is 10.1. The first-order chi connectivity index (χ1) is 8.86. The van der Waals surface area contributed by atoms with Gasteiger partial charge < -0.3 is 15.4 Å². The van der Waals surface area contributed by atoms with Crippen molar-refractivity contribution in [2.45, 2.75) is 45.5 Å². The molecular formula is C13H28N4O. The monoisotopic (exact) mass is 256 g/mol. The fraction of sp³-hybridized carbons (Fsp3) is 1.00. The molecule has 0 aromatic heterocycles. The fourth-order valence-corrected chi connectivity index (χ4v) is 2.96. The molecule has 5 nitrogen and oxygen atoms in total. The molecule has 18 heavy (non-hydrogen) atoms. The molecule has 2 aliphatic heterocycles. The largest absolute Gasteiger partial charge is 0.359 e. The second-order valence-electron chi connectivity index (χ2n) is 5.01. The molecule has 2 saturated heterocycles. The topological polar surface area (TPSA) is 39.8 Å². The minimum Gasteiger partial charge on any atom is -0.359 e. The van der Waals surface area contributed by atoms with E-state index in [1.54, 1.807) is 0 Å². The maximum atomic E-state index is 5.90. The first kappa shape index (κ1) is 14.2. The molecule has 2 unspecified atom stereocenters. The van der Waals surface area contributed by atoms with Crippen LogP contribution < -0.4 is 10.6 Å². The van der Waals surface area contributed by atoms with Gasteiger partial charge in [-0.1, -0.05) is 13.8 Å². The van der Waals surface area contributed by atoms with Gasteiger partial charge in [0.1, 0.15) is 6.23 Å². The molecule has 0 spiro atoms. The summed E-state index contributed by atoms with van der Waals surface area (Å²) in [7, 11) is 0. The van der Waals surface area contributed by atoms with E-state index in [1.807, 2.05) is 0 Å². The normalized spacial score (nSPS) is 30.0. The SMILES string of the molecule is CCN(C1CCCCN1)N(CC)C1CNCCO1. The van der Waals surface area contributed by atoms with E-state index in [1.165, 1.54) is 19.3 Å². The first-order valence-corrected chi connectivity index (χ1v) is 7.45. The van der Waals surface area contributed by atoms with Gasteiger partial charge in [-0.25, -0.2) is 10.0 Å². The summed E-state index contributed by atoms with van der Waals surface area (Å²) in [6.07, 6.45) is 4.54. The Kier molecular flexibility index (Phi) is 5.85. The van der Waals surface area contributed by atoms with E-state index in [0.717, 1.165) is 39.3 Å². The van der Waals surface area contributed by atoms with Crippen molar-refractivity contribution in [2.24, 2.45) is 0 Å². The average Bonchev–Trinajstić information content (AvgIpc) is 2.46. The Balaban J connectivity index is 1.97.